The summed E-state index contributed by atoms with van der Waals surface area (Å²) in [6.07, 6.45) is 0.782. The van der Waals surface area contributed by atoms with Crippen molar-refractivity contribution in [3.8, 4) is 0 Å². The van der Waals surface area contributed by atoms with Crippen LogP contribution in [0.5, 0.6) is 0 Å². The maximum Gasteiger partial charge on any atom is 0.209 e. The smallest absolute Gasteiger partial charge is 0.209 e. The van der Waals surface area contributed by atoms with Crippen molar-refractivity contribution in [1.82, 2.24) is 20.2 Å². The quantitative estimate of drug-likeness (QED) is 0.512. The van der Waals surface area contributed by atoms with Crippen molar-refractivity contribution in [2.24, 2.45) is 0 Å². The van der Waals surface area contributed by atoms with E-state index >= 15 is 0 Å². The van der Waals surface area contributed by atoms with Gasteiger partial charge in [-0.1, -0.05) is 18.7 Å². The Labute approximate surface area is 93.3 Å². The molecule has 0 unspecified atom stereocenters. The average Bonchev–Trinajstić information content (AvgIpc) is 2.70. The highest BCUT2D eigenvalue weighted by Gasteiger charge is 2.12. The summed E-state index contributed by atoms with van der Waals surface area (Å²) in [5, 5.41) is 12.2. The lowest BCUT2D eigenvalue weighted by Crippen LogP contribution is -2.21. The number of rotatable bonds is 7. The van der Waals surface area contributed by atoms with Crippen LogP contribution in [0.2, 0.25) is 0 Å². The Morgan fingerprint density at radius 2 is 2.13 bits per heavy atom. The van der Waals surface area contributed by atoms with Crippen LogP contribution in [0.4, 0.5) is 0 Å². The number of aromatic nitrogens is 4. The van der Waals surface area contributed by atoms with Crippen molar-refractivity contribution < 1.29 is 9.47 Å². The number of hydrogen-bond acceptors (Lipinski definition) is 6. The topological polar surface area (TPSA) is 62.1 Å². The summed E-state index contributed by atoms with van der Waals surface area (Å²) in [7, 11) is 3.19. The molecule has 15 heavy (non-hydrogen) atoms. The molecule has 0 aliphatic heterocycles. The van der Waals surface area contributed by atoms with E-state index in [-0.39, 0.29) is 6.29 Å². The Balaban J connectivity index is 2.55. The molecule has 0 saturated heterocycles. The van der Waals surface area contributed by atoms with Gasteiger partial charge < -0.3 is 9.47 Å². The van der Waals surface area contributed by atoms with E-state index in [1.54, 1.807) is 30.7 Å². The largest absolute Gasteiger partial charge is 0.354 e. The van der Waals surface area contributed by atoms with Crippen molar-refractivity contribution in [3.63, 3.8) is 0 Å². The molecule has 0 N–H and O–H groups in total. The predicted molar refractivity (Wildman–Crippen MR) is 56.6 cm³/mol. The summed E-state index contributed by atoms with van der Waals surface area (Å²) >= 11 is 1.63. The van der Waals surface area contributed by atoms with Gasteiger partial charge in [0.05, 0.1) is 6.54 Å². The van der Waals surface area contributed by atoms with Crippen LogP contribution in [-0.2, 0) is 16.0 Å². The van der Waals surface area contributed by atoms with Crippen LogP contribution in [0.1, 0.15) is 13.3 Å². The molecular weight excluding hydrogens is 216 g/mol. The molecule has 0 radical (unpaired) electrons. The lowest BCUT2D eigenvalue weighted by molar-refractivity contribution is -0.113. The van der Waals surface area contributed by atoms with Gasteiger partial charge in [-0.15, -0.1) is 5.10 Å². The highest BCUT2D eigenvalue weighted by Crippen LogP contribution is 2.14. The van der Waals surface area contributed by atoms with E-state index in [0.717, 1.165) is 17.3 Å². The van der Waals surface area contributed by atoms with Crippen LogP contribution in [-0.4, -0.2) is 46.5 Å². The maximum absolute atomic E-state index is 5.08. The molecule has 0 saturated carbocycles. The molecule has 1 aromatic heterocycles. The molecule has 0 atom stereocenters. The van der Waals surface area contributed by atoms with Crippen molar-refractivity contribution in [2.45, 2.75) is 31.3 Å². The fourth-order valence-electron chi connectivity index (χ4n) is 0.994. The summed E-state index contributed by atoms with van der Waals surface area (Å²) in [4.78, 5) is 0. The second kappa shape index (κ2) is 6.76. The van der Waals surface area contributed by atoms with Crippen molar-refractivity contribution in [1.29, 1.82) is 0 Å². The van der Waals surface area contributed by atoms with E-state index in [0.29, 0.717) is 6.54 Å². The third kappa shape index (κ3) is 3.77. The van der Waals surface area contributed by atoms with Crippen LogP contribution in [0, 0.1) is 0 Å². The lowest BCUT2D eigenvalue weighted by Gasteiger charge is -2.13. The van der Waals surface area contributed by atoms with E-state index in [2.05, 4.69) is 22.4 Å². The van der Waals surface area contributed by atoms with Gasteiger partial charge in [0.15, 0.2) is 6.29 Å². The van der Waals surface area contributed by atoms with Crippen molar-refractivity contribution in [2.75, 3.05) is 20.0 Å². The van der Waals surface area contributed by atoms with E-state index in [4.69, 9.17) is 9.47 Å². The Kier molecular flexibility index (Phi) is 5.59. The first kappa shape index (κ1) is 12.4. The molecule has 0 aromatic carbocycles. The Hall–Kier alpha value is -0.660. The molecule has 0 amide bonds. The molecule has 86 valence electrons. The number of thioether (sulfide) groups is 1. The first-order valence-electron chi connectivity index (χ1n) is 4.76. The molecule has 1 rings (SSSR count). The molecule has 0 aliphatic rings. The first-order chi connectivity index (χ1) is 7.31. The van der Waals surface area contributed by atoms with Gasteiger partial charge in [0.1, 0.15) is 0 Å². The zero-order valence-electron chi connectivity index (χ0n) is 9.21. The SMILES string of the molecule is CCCSc1nnnn1CC(OC)OC. The summed E-state index contributed by atoms with van der Waals surface area (Å²) < 4.78 is 11.9. The highest BCUT2D eigenvalue weighted by atomic mass is 32.2. The minimum atomic E-state index is -0.311. The van der Waals surface area contributed by atoms with E-state index in [9.17, 15) is 0 Å². The second-order valence-corrected chi connectivity index (χ2v) is 3.96. The zero-order chi connectivity index (χ0) is 11.1. The van der Waals surface area contributed by atoms with E-state index < -0.39 is 0 Å². The summed E-state index contributed by atoms with van der Waals surface area (Å²) in [6, 6.07) is 0. The monoisotopic (exact) mass is 232 g/mol. The molecule has 1 heterocycles. The summed E-state index contributed by atoms with van der Waals surface area (Å²) in [5.74, 6) is 1.00. The molecule has 0 bridgehead atoms. The first-order valence-corrected chi connectivity index (χ1v) is 5.75. The second-order valence-electron chi connectivity index (χ2n) is 2.89. The van der Waals surface area contributed by atoms with Crippen LogP contribution in [0.25, 0.3) is 0 Å². The third-order valence-electron chi connectivity index (χ3n) is 1.78. The summed E-state index contributed by atoms with van der Waals surface area (Å²) in [5.41, 5.74) is 0. The van der Waals surface area contributed by atoms with Gasteiger partial charge >= 0.3 is 0 Å². The molecule has 0 fully saturated rings. The molecule has 0 aliphatic carbocycles. The Morgan fingerprint density at radius 1 is 1.40 bits per heavy atom. The van der Waals surface area contributed by atoms with Gasteiger partial charge in [-0.05, 0) is 16.8 Å². The zero-order valence-corrected chi connectivity index (χ0v) is 10.0. The van der Waals surface area contributed by atoms with Gasteiger partial charge in [0.25, 0.3) is 0 Å². The molecular formula is C8H16N4O2S. The summed E-state index contributed by atoms with van der Waals surface area (Å²) in [6.45, 7) is 2.63. The number of tetrazole rings is 1. The van der Waals surface area contributed by atoms with Gasteiger partial charge in [0.2, 0.25) is 5.16 Å². The van der Waals surface area contributed by atoms with Crippen molar-refractivity contribution >= 4 is 11.8 Å². The minimum absolute atomic E-state index is 0.311. The van der Waals surface area contributed by atoms with Gasteiger partial charge in [-0.3, -0.25) is 0 Å². The molecule has 0 spiro atoms. The van der Waals surface area contributed by atoms with Gasteiger partial charge in [-0.25, -0.2) is 4.68 Å². The standard InChI is InChI=1S/C8H16N4O2S/c1-4-5-15-8-9-10-11-12(8)6-7(13-2)14-3/h7H,4-6H2,1-3H3. The average molecular weight is 232 g/mol. The van der Waals surface area contributed by atoms with Gasteiger partial charge in [0, 0.05) is 20.0 Å². The number of nitrogens with zero attached hydrogens (tertiary/aromatic N) is 4. The van der Waals surface area contributed by atoms with Crippen LogP contribution in [0.15, 0.2) is 5.16 Å². The van der Waals surface area contributed by atoms with Gasteiger partial charge in [-0.2, -0.15) is 0 Å². The fraction of sp³-hybridized carbons (Fsp3) is 0.875. The van der Waals surface area contributed by atoms with E-state index in [1.807, 2.05) is 0 Å². The molecule has 6 nitrogen and oxygen atoms in total. The van der Waals surface area contributed by atoms with Crippen molar-refractivity contribution in [3.05, 3.63) is 0 Å². The maximum atomic E-state index is 5.08. The number of hydrogen-bond donors (Lipinski definition) is 0. The number of ether oxygens (including phenoxy) is 2. The molecule has 7 heteroatoms. The normalized spacial score (nSPS) is 11.2. The molecule has 1 aromatic rings. The Bertz CT molecular complexity index is 277. The lowest BCUT2D eigenvalue weighted by atomic mass is 10.6. The van der Waals surface area contributed by atoms with Crippen LogP contribution >= 0.6 is 11.8 Å². The Morgan fingerprint density at radius 3 is 2.73 bits per heavy atom. The minimum Gasteiger partial charge on any atom is -0.354 e. The predicted octanol–water partition coefficient (Wildman–Crippen LogP) is 0.794. The third-order valence-corrected chi connectivity index (χ3v) is 2.95. The fourth-order valence-corrected chi connectivity index (χ4v) is 1.74. The number of methoxy groups -OCH3 is 2. The van der Waals surface area contributed by atoms with Crippen LogP contribution < -0.4 is 0 Å². The van der Waals surface area contributed by atoms with E-state index in [1.165, 1.54) is 0 Å². The van der Waals surface area contributed by atoms with Crippen LogP contribution in [0.3, 0.4) is 0 Å². The highest BCUT2D eigenvalue weighted by molar-refractivity contribution is 7.99.